The molecule has 4 nitrogen and oxygen atoms in total. The molecule has 2 atom stereocenters. The van der Waals surface area contributed by atoms with Gasteiger partial charge in [0.25, 0.3) is 0 Å². The molecule has 0 bridgehead atoms. The van der Waals surface area contributed by atoms with Gasteiger partial charge in [-0.15, -0.1) is 0 Å². The second-order valence-electron chi connectivity index (χ2n) is 3.75. The minimum Gasteiger partial charge on any atom is -0.469 e. The van der Waals surface area contributed by atoms with E-state index in [-0.39, 0.29) is 29.3 Å². The van der Waals surface area contributed by atoms with Gasteiger partial charge >= 0.3 is 5.97 Å². The van der Waals surface area contributed by atoms with Crippen molar-refractivity contribution in [3.63, 3.8) is 0 Å². The molecule has 88 valence electrons. The maximum atomic E-state index is 11.5. The molecule has 15 heavy (non-hydrogen) atoms. The van der Waals surface area contributed by atoms with Crippen molar-refractivity contribution in [1.82, 2.24) is 0 Å². The molecule has 0 aromatic rings. The van der Waals surface area contributed by atoms with Gasteiger partial charge in [-0.3, -0.25) is 4.79 Å². The lowest BCUT2D eigenvalue weighted by Crippen LogP contribution is -2.28. The molecule has 6 heteroatoms. The Morgan fingerprint density at radius 1 is 1.60 bits per heavy atom. The third-order valence-corrected chi connectivity index (χ3v) is 5.17. The topological polar surface area (TPSA) is 60.4 Å². The zero-order valence-electron chi connectivity index (χ0n) is 8.93. The number of methoxy groups -OCH3 is 1. The van der Waals surface area contributed by atoms with E-state index in [2.05, 4.69) is 0 Å². The van der Waals surface area contributed by atoms with Crippen molar-refractivity contribution in [1.29, 1.82) is 0 Å². The van der Waals surface area contributed by atoms with E-state index in [1.54, 1.807) is 11.8 Å². The molecule has 1 saturated heterocycles. The van der Waals surface area contributed by atoms with Crippen molar-refractivity contribution in [3.8, 4) is 0 Å². The van der Waals surface area contributed by atoms with E-state index in [1.165, 1.54) is 7.11 Å². The van der Waals surface area contributed by atoms with E-state index in [9.17, 15) is 13.2 Å². The number of hydrogen-bond acceptors (Lipinski definition) is 5. The first kappa shape index (κ1) is 12.8. The summed E-state index contributed by atoms with van der Waals surface area (Å²) in [6.45, 7) is 0. The first-order valence-electron chi connectivity index (χ1n) is 4.77. The summed E-state index contributed by atoms with van der Waals surface area (Å²) in [5.74, 6) is 0.350. The fourth-order valence-electron chi connectivity index (χ4n) is 1.87. The molecule has 0 aromatic heterocycles. The Morgan fingerprint density at radius 2 is 2.27 bits per heavy atom. The number of esters is 1. The van der Waals surface area contributed by atoms with Gasteiger partial charge in [0.1, 0.15) is 0 Å². The van der Waals surface area contributed by atoms with Crippen LogP contribution >= 0.6 is 11.8 Å². The predicted octanol–water partition coefficient (Wildman–Crippen LogP) is 0.573. The van der Waals surface area contributed by atoms with Gasteiger partial charge in [-0.25, -0.2) is 8.42 Å². The van der Waals surface area contributed by atoms with Crippen LogP contribution in [0.2, 0.25) is 0 Å². The summed E-state index contributed by atoms with van der Waals surface area (Å²) in [5.41, 5.74) is 0. The number of thioether (sulfide) groups is 1. The molecule has 1 fully saturated rings. The van der Waals surface area contributed by atoms with Crippen LogP contribution in [0.3, 0.4) is 0 Å². The summed E-state index contributed by atoms with van der Waals surface area (Å²) in [7, 11) is -1.57. The molecule has 0 aromatic carbocycles. The van der Waals surface area contributed by atoms with Crippen molar-refractivity contribution in [2.24, 2.45) is 11.8 Å². The monoisotopic (exact) mass is 252 g/mol. The summed E-state index contributed by atoms with van der Waals surface area (Å²) < 4.78 is 27.3. The summed E-state index contributed by atoms with van der Waals surface area (Å²) in [6, 6.07) is 0. The molecular weight excluding hydrogens is 236 g/mol. The molecule has 0 radical (unpaired) electrons. The van der Waals surface area contributed by atoms with Crippen molar-refractivity contribution < 1.29 is 17.9 Å². The van der Waals surface area contributed by atoms with Gasteiger partial charge in [-0.2, -0.15) is 11.8 Å². The molecule has 0 amide bonds. The van der Waals surface area contributed by atoms with Gasteiger partial charge in [0, 0.05) is 5.75 Å². The maximum absolute atomic E-state index is 11.5. The lowest BCUT2D eigenvalue weighted by molar-refractivity contribution is -0.146. The largest absolute Gasteiger partial charge is 0.469 e. The highest BCUT2D eigenvalue weighted by atomic mass is 32.2. The van der Waals surface area contributed by atoms with Crippen molar-refractivity contribution in [2.75, 3.05) is 30.6 Å². The van der Waals surface area contributed by atoms with E-state index in [0.29, 0.717) is 12.2 Å². The molecule has 0 saturated carbocycles. The van der Waals surface area contributed by atoms with Gasteiger partial charge in [0.2, 0.25) is 0 Å². The Bertz CT molecular complexity index is 323. The summed E-state index contributed by atoms with van der Waals surface area (Å²) in [6.07, 6.45) is 2.49. The Morgan fingerprint density at radius 3 is 2.67 bits per heavy atom. The summed E-state index contributed by atoms with van der Waals surface area (Å²) >= 11 is 1.54. The molecule has 1 rings (SSSR count). The molecule has 0 spiro atoms. The average Bonchev–Trinajstić information content (AvgIpc) is 2.54. The van der Waals surface area contributed by atoms with Gasteiger partial charge in [-0.05, 0) is 18.6 Å². The highest BCUT2D eigenvalue weighted by molar-refractivity contribution is 7.98. The fourth-order valence-corrected chi connectivity index (χ4v) is 4.52. The van der Waals surface area contributed by atoms with Crippen LogP contribution < -0.4 is 0 Å². The predicted molar refractivity (Wildman–Crippen MR) is 60.6 cm³/mol. The minimum atomic E-state index is -2.92. The lowest BCUT2D eigenvalue weighted by Gasteiger charge is -2.18. The highest BCUT2D eigenvalue weighted by Gasteiger charge is 2.37. The number of ether oxygens (including phenoxy) is 1. The molecule has 2 unspecified atom stereocenters. The van der Waals surface area contributed by atoms with E-state index >= 15 is 0 Å². The van der Waals surface area contributed by atoms with Crippen LogP contribution in [-0.2, 0) is 19.4 Å². The quantitative estimate of drug-likeness (QED) is 0.685. The number of carbonyl (C=O) groups excluding carboxylic acids is 1. The third-order valence-electron chi connectivity index (χ3n) is 2.69. The maximum Gasteiger partial charge on any atom is 0.309 e. The molecule has 0 N–H and O–H groups in total. The van der Waals surface area contributed by atoms with Gasteiger partial charge in [0.15, 0.2) is 9.84 Å². The van der Waals surface area contributed by atoms with Crippen molar-refractivity contribution in [2.45, 2.75) is 6.42 Å². The number of carbonyl (C=O) groups is 1. The Hall–Kier alpha value is -0.230. The molecule has 1 aliphatic rings. The number of hydrogen-bond donors (Lipinski definition) is 0. The second-order valence-corrected chi connectivity index (χ2v) is 6.89. The summed E-state index contributed by atoms with van der Waals surface area (Å²) in [5, 5.41) is 0. The van der Waals surface area contributed by atoms with E-state index in [4.69, 9.17) is 4.74 Å². The average molecular weight is 252 g/mol. The van der Waals surface area contributed by atoms with Crippen LogP contribution in [0, 0.1) is 11.8 Å². The first-order chi connectivity index (χ1) is 7.00. The molecule has 1 heterocycles. The molecular formula is C9H16O4S2. The number of sulfone groups is 1. The van der Waals surface area contributed by atoms with Crippen LogP contribution in [0.15, 0.2) is 0 Å². The zero-order chi connectivity index (χ0) is 11.5. The first-order valence-corrected chi connectivity index (χ1v) is 7.99. The van der Waals surface area contributed by atoms with Crippen LogP contribution in [0.1, 0.15) is 6.42 Å². The zero-order valence-corrected chi connectivity index (χ0v) is 10.6. The molecule has 0 aliphatic carbocycles. The van der Waals surface area contributed by atoms with Gasteiger partial charge < -0.3 is 4.74 Å². The highest BCUT2D eigenvalue weighted by Crippen LogP contribution is 2.28. The standard InChI is InChI=1S/C9H16O4S2/c1-13-9(10)8(5-14-2)7-3-4-15(11,12)6-7/h7-8H,3-6H2,1-2H3. The van der Waals surface area contributed by atoms with Crippen LogP contribution in [-0.4, -0.2) is 45.0 Å². The van der Waals surface area contributed by atoms with Crippen molar-refractivity contribution in [3.05, 3.63) is 0 Å². The fraction of sp³-hybridized carbons (Fsp3) is 0.889. The number of rotatable bonds is 4. The smallest absolute Gasteiger partial charge is 0.309 e. The molecule has 1 aliphatic heterocycles. The van der Waals surface area contributed by atoms with E-state index in [1.807, 2.05) is 6.26 Å². The normalized spacial score (nSPS) is 26.1. The Balaban J connectivity index is 2.69. The van der Waals surface area contributed by atoms with Gasteiger partial charge in [-0.1, -0.05) is 0 Å². The van der Waals surface area contributed by atoms with Gasteiger partial charge in [0.05, 0.1) is 24.5 Å². The third kappa shape index (κ3) is 3.38. The summed E-state index contributed by atoms with van der Waals surface area (Å²) in [4.78, 5) is 11.5. The lowest BCUT2D eigenvalue weighted by atomic mass is 9.94. The van der Waals surface area contributed by atoms with Crippen LogP contribution in [0.25, 0.3) is 0 Å². The Labute approximate surface area is 94.7 Å². The van der Waals surface area contributed by atoms with E-state index < -0.39 is 9.84 Å². The SMILES string of the molecule is COC(=O)C(CSC)C1CCS(=O)(=O)C1. The second kappa shape index (κ2) is 5.21. The Kier molecular flexibility index (Phi) is 4.45. The van der Waals surface area contributed by atoms with E-state index in [0.717, 1.165) is 0 Å². The van der Waals surface area contributed by atoms with Crippen LogP contribution in [0.5, 0.6) is 0 Å². The van der Waals surface area contributed by atoms with Crippen molar-refractivity contribution >= 4 is 27.6 Å². The minimum absolute atomic E-state index is 0.0603. The van der Waals surface area contributed by atoms with Crippen LogP contribution in [0.4, 0.5) is 0 Å².